The van der Waals surface area contributed by atoms with E-state index in [2.05, 4.69) is 32.3 Å². The first-order valence-corrected chi connectivity index (χ1v) is 9.56. The van der Waals surface area contributed by atoms with Crippen LogP contribution in [0.5, 0.6) is 0 Å². The van der Waals surface area contributed by atoms with Gasteiger partial charge in [-0.05, 0) is 31.9 Å². The van der Waals surface area contributed by atoms with Gasteiger partial charge in [-0.2, -0.15) is 0 Å². The van der Waals surface area contributed by atoms with E-state index in [1.807, 2.05) is 6.92 Å². The van der Waals surface area contributed by atoms with Crippen molar-refractivity contribution in [1.29, 1.82) is 0 Å². The minimum atomic E-state index is -0.448. The number of guanidine groups is 1. The Hall–Kier alpha value is -1.95. The second-order valence-electron chi connectivity index (χ2n) is 7.34. The smallest absolute Gasteiger partial charge is 0.194 e. The standard InChI is InChI=1S/C20H26F2N4/c1-2-23-20(26-11-8-14(13-26)25-9-3-4-10-25)24-18-12-15(18)19-16(21)6-5-7-17(19)22/h3-7,14-15,18H,2,8-13H2,1H3,(H,23,24). The molecule has 1 N–H and O–H groups in total. The molecule has 1 aliphatic carbocycles. The van der Waals surface area contributed by atoms with Crippen LogP contribution in [0.2, 0.25) is 0 Å². The number of nitrogens with zero attached hydrogens (tertiary/aromatic N) is 3. The van der Waals surface area contributed by atoms with Gasteiger partial charge in [0, 0.05) is 56.3 Å². The predicted molar refractivity (Wildman–Crippen MR) is 99.3 cm³/mol. The van der Waals surface area contributed by atoms with Gasteiger partial charge in [0.05, 0.1) is 0 Å². The largest absolute Gasteiger partial charge is 0.353 e. The average Bonchev–Trinajstić information content (AvgIpc) is 3.06. The normalized spacial score (nSPS) is 28.8. The first-order chi connectivity index (χ1) is 12.7. The molecule has 2 heterocycles. The average molecular weight is 360 g/mol. The lowest BCUT2D eigenvalue weighted by atomic mass is 10.1. The van der Waals surface area contributed by atoms with Crippen molar-refractivity contribution in [2.45, 2.75) is 37.8 Å². The first-order valence-electron chi connectivity index (χ1n) is 9.56. The van der Waals surface area contributed by atoms with Crippen molar-refractivity contribution in [3.63, 3.8) is 0 Å². The number of aliphatic imine (C=N–C) groups is 1. The highest BCUT2D eigenvalue weighted by molar-refractivity contribution is 5.81. The Morgan fingerprint density at radius 3 is 2.65 bits per heavy atom. The van der Waals surface area contributed by atoms with Gasteiger partial charge in [-0.15, -0.1) is 0 Å². The Balaban J connectivity index is 1.39. The second-order valence-corrected chi connectivity index (χ2v) is 7.34. The highest BCUT2D eigenvalue weighted by atomic mass is 19.1. The number of hydrogen-bond acceptors (Lipinski definition) is 2. The number of rotatable bonds is 4. The van der Waals surface area contributed by atoms with Gasteiger partial charge in [-0.25, -0.2) is 8.78 Å². The molecule has 26 heavy (non-hydrogen) atoms. The summed E-state index contributed by atoms with van der Waals surface area (Å²) in [5, 5.41) is 3.46. The lowest BCUT2D eigenvalue weighted by molar-refractivity contribution is 0.259. The summed E-state index contributed by atoms with van der Waals surface area (Å²) in [6, 6.07) is 4.70. The number of benzene rings is 1. The van der Waals surface area contributed by atoms with Crippen LogP contribution in [0.15, 0.2) is 35.3 Å². The van der Waals surface area contributed by atoms with Gasteiger partial charge in [0.2, 0.25) is 0 Å². The third-order valence-corrected chi connectivity index (χ3v) is 5.61. The summed E-state index contributed by atoms with van der Waals surface area (Å²) in [4.78, 5) is 9.41. The lowest BCUT2D eigenvalue weighted by Crippen LogP contribution is -2.44. The van der Waals surface area contributed by atoms with E-state index in [0.717, 1.165) is 45.0 Å². The van der Waals surface area contributed by atoms with Crippen molar-refractivity contribution >= 4 is 5.96 Å². The van der Waals surface area contributed by atoms with Crippen LogP contribution in [-0.2, 0) is 0 Å². The van der Waals surface area contributed by atoms with E-state index >= 15 is 0 Å². The molecule has 1 saturated carbocycles. The molecule has 3 unspecified atom stereocenters. The Morgan fingerprint density at radius 1 is 1.23 bits per heavy atom. The van der Waals surface area contributed by atoms with Gasteiger partial charge in [0.1, 0.15) is 11.6 Å². The SMILES string of the molecule is CCN=C(NC1CC1c1c(F)cccc1F)N1CCC(N2CC=CC2)C1. The zero-order valence-electron chi connectivity index (χ0n) is 15.2. The monoisotopic (exact) mass is 360 g/mol. The molecule has 1 aromatic rings. The van der Waals surface area contributed by atoms with E-state index in [9.17, 15) is 8.78 Å². The number of hydrogen-bond donors (Lipinski definition) is 1. The Labute approximate surface area is 153 Å². The van der Waals surface area contributed by atoms with Gasteiger partial charge in [0.25, 0.3) is 0 Å². The zero-order chi connectivity index (χ0) is 18.1. The van der Waals surface area contributed by atoms with Crippen LogP contribution in [0, 0.1) is 11.6 Å². The molecule has 6 heteroatoms. The fourth-order valence-electron chi connectivity index (χ4n) is 4.12. The first kappa shape index (κ1) is 17.5. The predicted octanol–water partition coefficient (Wildman–Crippen LogP) is 2.73. The number of halogens is 2. The van der Waals surface area contributed by atoms with E-state index in [1.165, 1.54) is 18.2 Å². The summed E-state index contributed by atoms with van der Waals surface area (Å²) in [5.74, 6) is -0.127. The third kappa shape index (κ3) is 3.47. The van der Waals surface area contributed by atoms with Crippen LogP contribution in [0.4, 0.5) is 8.78 Å². The Kier molecular flexibility index (Phi) is 4.94. The van der Waals surface area contributed by atoms with Crippen LogP contribution >= 0.6 is 0 Å². The third-order valence-electron chi connectivity index (χ3n) is 5.61. The van der Waals surface area contributed by atoms with Gasteiger partial charge < -0.3 is 10.2 Å². The molecule has 2 fully saturated rings. The summed E-state index contributed by atoms with van der Waals surface area (Å²) in [6.07, 6.45) is 6.31. The fraction of sp³-hybridized carbons (Fsp3) is 0.550. The maximum atomic E-state index is 14.0. The van der Waals surface area contributed by atoms with Crippen molar-refractivity contribution in [1.82, 2.24) is 15.1 Å². The molecule has 1 aromatic carbocycles. The molecule has 0 aromatic heterocycles. The van der Waals surface area contributed by atoms with Crippen LogP contribution < -0.4 is 5.32 Å². The van der Waals surface area contributed by atoms with Crippen LogP contribution in [0.25, 0.3) is 0 Å². The van der Waals surface area contributed by atoms with Gasteiger partial charge >= 0.3 is 0 Å². The topological polar surface area (TPSA) is 30.9 Å². The van der Waals surface area contributed by atoms with E-state index in [-0.39, 0.29) is 17.5 Å². The molecule has 0 bridgehead atoms. The summed E-state index contributed by atoms with van der Waals surface area (Å²) >= 11 is 0. The molecule has 4 nitrogen and oxygen atoms in total. The Morgan fingerprint density at radius 2 is 1.96 bits per heavy atom. The summed E-state index contributed by atoms with van der Waals surface area (Å²) in [7, 11) is 0. The molecular weight excluding hydrogens is 334 g/mol. The highest BCUT2D eigenvalue weighted by Gasteiger charge is 2.43. The molecular formula is C20H26F2N4. The van der Waals surface area contributed by atoms with E-state index in [1.54, 1.807) is 0 Å². The maximum Gasteiger partial charge on any atom is 0.194 e. The molecule has 0 radical (unpaired) electrons. The van der Waals surface area contributed by atoms with E-state index in [0.29, 0.717) is 12.6 Å². The molecule has 3 aliphatic rings. The second kappa shape index (κ2) is 7.35. The van der Waals surface area contributed by atoms with Crippen molar-refractivity contribution < 1.29 is 8.78 Å². The molecule has 4 rings (SSSR count). The quantitative estimate of drug-likeness (QED) is 0.509. The number of nitrogens with one attached hydrogen (secondary N) is 1. The van der Waals surface area contributed by atoms with Crippen LogP contribution in [0.1, 0.15) is 31.2 Å². The molecule has 140 valence electrons. The van der Waals surface area contributed by atoms with Crippen molar-refractivity contribution in [2.24, 2.45) is 4.99 Å². The molecule has 1 saturated heterocycles. The minimum absolute atomic E-state index is 0.0548. The Bertz CT molecular complexity index is 690. The van der Waals surface area contributed by atoms with Crippen LogP contribution in [0.3, 0.4) is 0 Å². The number of likely N-dealkylation sites (tertiary alicyclic amines) is 1. The van der Waals surface area contributed by atoms with Crippen molar-refractivity contribution in [3.8, 4) is 0 Å². The van der Waals surface area contributed by atoms with E-state index < -0.39 is 11.6 Å². The summed E-state index contributed by atoms with van der Waals surface area (Å²) < 4.78 is 28.0. The van der Waals surface area contributed by atoms with Gasteiger partial charge in [-0.1, -0.05) is 18.2 Å². The summed E-state index contributed by atoms with van der Waals surface area (Å²) in [5.41, 5.74) is 0.211. The fourth-order valence-corrected chi connectivity index (χ4v) is 4.12. The van der Waals surface area contributed by atoms with Crippen molar-refractivity contribution in [3.05, 3.63) is 47.5 Å². The zero-order valence-corrected chi connectivity index (χ0v) is 15.2. The maximum absolute atomic E-state index is 14.0. The van der Waals surface area contributed by atoms with Crippen molar-refractivity contribution in [2.75, 3.05) is 32.7 Å². The minimum Gasteiger partial charge on any atom is -0.353 e. The molecule has 3 atom stereocenters. The highest BCUT2D eigenvalue weighted by Crippen LogP contribution is 2.43. The van der Waals surface area contributed by atoms with Gasteiger partial charge in [-0.3, -0.25) is 9.89 Å². The molecule has 0 amide bonds. The van der Waals surface area contributed by atoms with Gasteiger partial charge in [0.15, 0.2) is 5.96 Å². The molecule has 2 aliphatic heterocycles. The molecule has 0 spiro atoms. The van der Waals surface area contributed by atoms with Crippen LogP contribution in [-0.4, -0.2) is 60.6 Å². The lowest BCUT2D eigenvalue weighted by Gasteiger charge is -2.25. The van der Waals surface area contributed by atoms with E-state index in [4.69, 9.17) is 0 Å². The summed E-state index contributed by atoms with van der Waals surface area (Å²) in [6.45, 7) is 6.70.